The lowest BCUT2D eigenvalue weighted by Gasteiger charge is -2.29. The average molecular weight is 502 g/mol. The van der Waals surface area contributed by atoms with Crippen LogP contribution in [0.25, 0.3) is 0 Å². The van der Waals surface area contributed by atoms with E-state index in [-0.39, 0.29) is 24.9 Å². The van der Waals surface area contributed by atoms with Crippen molar-refractivity contribution in [3.05, 3.63) is 64.7 Å². The molecule has 1 saturated heterocycles. The Hall–Kier alpha value is -2.39. The molecule has 1 fully saturated rings. The summed E-state index contributed by atoms with van der Waals surface area (Å²) >= 11 is 7.14. The van der Waals surface area contributed by atoms with Crippen molar-refractivity contribution in [2.75, 3.05) is 19.0 Å². The number of ether oxygens (including phenoxy) is 2. The highest BCUT2D eigenvalue weighted by atomic mass is 35.5. The molecule has 0 radical (unpaired) electrons. The second-order valence-electron chi connectivity index (χ2n) is 7.89. The zero-order chi connectivity index (χ0) is 24.2. The number of carbonyl (C=O) groups is 2. The van der Waals surface area contributed by atoms with Gasteiger partial charge in [0.1, 0.15) is 17.2 Å². The number of hydrogen-bond acceptors (Lipinski definition) is 5. The standard InChI is InChI=1S/C23H23ClF3NO4S/c1-14(2)11-32-22(30)19-13-33-21(15-3-5-16(6-4-15)23(25,26)27)28(19)20(29)12-31-18-9-7-17(24)8-10-18/h3-10,14,19,21H,11-13H2,1-2H3. The summed E-state index contributed by atoms with van der Waals surface area (Å²) in [4.78, 5) is 27.2. The number of benzene rings is 2. The molecule has 1 aliphatic heterocycles. The molecule has 3 rings (SSSR count). The van der Waals surface area contributed by atoms with Gasteiger partial charge in [0.05, 0.1) is 12.2 Å². The van der Waals surface area contributed by atoms with E-state index in [0.717, 1.165) is 12.1 Å². The van der Waals surface area contributed by atoms with Crippen LogP contribution in [-0.2, 0) is 20.5 Å². The van der Waals surface area contributed by atoms with Crippen molar-refractivity contribution >= 4 is 35.2 Å². The first kappa shape index (κ1) is 25.2. The maximum Gasteiger partial charge on any atom is 0.416 e. The van der Waals surface area contributed by atoms with E-state index < -0.39 is 35.0 Å². The monoisotopic (exact) mass is 501 g/mol. The summed E-state index contributed by atoms with van der Waals surface area (Å²) in [7, 11) is 0. The molecular weight excluding hydrogens is 479 g/mol. The van der Waals surface area contributed by atoms with Gasteiger partial charge in [-0.25, -0.2) is 4.79 Å². The lowest BCUT2D eigenvalue weighted by molar-refractivity contribution is -0.155. The molecule has 0 N–H and O–H groups in total. The van der Waals surface area contributed by atoms with Crippen LogP contribution in [0.3, 0.4) is 0 Å². The minimum absolute atomic E-state index is 0.117. The lowest BCUT2D eigenvalue weighted by Crippen LogP contribution is -2.46. The van der Waals surface area contributed by atoms with E-state index in [2.05, 4.69) is 0 Å². The summed E-state index contributed by atoms with van der Waals surface area (Å²) in [6.07, 6.45) is -4.47. The Morgan fingerprint density at radius 2 is 1.76 bits per heavy atom. The zero-order valence-electron chi connectivity index (χ0n) is 18.0. The maximum absolute atomic E-state index is 13.1. The smallest absolute Gasteiger partial charge is 0.416 e. The Kier molecular flexibility index (Phi) is 8.18. The minimum atomic E-state index is -4.47. The summed E-state index contributed by atoms with van der Waals surface area (Å²) in [5, 5.41) is -0.134. The van der Waals surface area contributed by atoms with Gasteiger partial charge in [-0.2, -0.15) is 13.2 Å². The van der Waals surface area contributed by atoms with E-state index in [4.69, 9.17) is 21.1 Å². The molecule has 0 aromatic heterocycles. The van der Waals surface area contributed by atoms with Crippen LogP contribution in [0, 0.1) is 5.92 Å². The Morgan fingerprint density at radius 3 is 2.33 bits per heavy atom. The topological polar surface area (TPSA) is 55.8 Å². The molecule has 0 spiro atoms. The second kappa shape index (κ2) is 10.7. The van der Waals surface area contributed by atoms with E-state index in [9.17, 15) is 22.8 Å². The van der Waals surface area contributed by atoms with Gasteiger partial charge in [-0.05, 0) is 47.9 Å². The van der Waals surface area contributed by atoms with Gasteiger partial charge in [-0.1, -0.05) is 37.6 Å². The number of hydrogen-bond donors (Lipinski definition) is 0. The van der Waals surface area contributed by atoms with E-state index in [0.29, 0.717) is 16.3 Å². The fourth-order valence-electron chi connectivity index (χ4n) is 3.18. The van der Waals surface area contributed by atoms with Crippen molar-refractivity contribution in [3.8, 4) is 5.75 Å². The quantitative estimate of drug-likeness (QED) is 0.464. The molecule has 1 amide bonds. The summed E-state index contributed by atoms with van der Waals surface area (Å²) in [6.45, 7) is 3.64. The van der Waals surface area contributed by atoms with Gasteiger partial charge in [-0.15, -0.1) is 11.8 Å². The first-order valence-corrected chi connectivity index (χ1v) is 11.6. The number of thioether (sulfide) groups is 1. The Bertz CT molecular complexity index is 967. The Morgan fingerprint density at radius 1 is 1.12 bits per heavy atom. The van der Waals surface area contributed by atoms with Gasteiger partial charge in [0.25, 0.3) is 5.91 Å². The van der Waals surface area contributed by atoms with Crippen LogP contribution in [0.4, 0.5) is 13.2 Å². The molecule has 0 saturated carbocycles. The van der Waals surface area contributed by atoms with Gasteiger partial charge in [0, 0.05) is 10.8 Å². The molecule has 5 nitrogen and oxygen atoms in total. The lowest BCUT2D eigenvalue weighted by atomic mass is 10.1. The van der Waals surface area contributed by atoms with Gasteiger partial charge >= 0.3 is 12.1 Å². The summed E-state index contributed by atoms with van der Waals surface area (Å²) in [6, 6.07) is 10.1. The van der Waals surface area contributed by atoms with Crippen molar-refractivity contribution < 1.29 is 32.2 Å². The molecule has 1 aliphatic rings. The summed E-state index contributed by atoms with van der Waals surface area (Å²) in [5.74, 6) is -0.234. The fraction of sp³-hybridized carbons (Fsp3) is 0.391. The molecule has 2 aromatic carbocycles. The van der Waals surface area contributed by atoms with Gasteiger partial charge in [0.15, 0.2) is 6.61 Å². The molecule has 0 bridgehead atoms. The molecule has 0 aliphatic carbocycles. The SMILES string of the molecule is CC(C)COC(=O)C1CSC(c2ccc(C(F)(F)F)cc2)N1C(=O)COc1ccc(Cl)cc1. The van der Waals surface area contributed by atoms with Crippen LogP contribution in [0.2, 0.25) is 5.02 Å². The third-order valence-corrected chi connectivity index (χ3v) is 6.39. The third kappa shape index (κ3) is 6.57. The highest BCUT2D eigenvalue weighted by molar-refractivity contribution is 7.99. The number of alkyl halides is 3. The van der Waals surface area contributed by atoms with Crippen LogP contribution < -0.4 is 4.74 Å². The molecule has 2 atom stereocenters. The van der Waals surface area contributed by atoms with Crippen molar-refractivity contribution in [1.29, 1.82) is 0 Å². The predicted octanol–water partition coefficient (Wildman–Crippen LogP) is 5.58. The zero-order valence-corrected chi connectivity index (χ0v) is 19.5. The van der Waals surface area contributed by atoms with Crippen LogP contribution in [0.1, 0.15) is 30.3 Å². The third-order valence-electron chi connectivity index (χ3n) is 4.82. The summed E-state index contributed by atoms with van der Waals surface area (Å²) < 4.78 is 49.7. The largest absolute Gasteiger partial charge is 0.484 e. The van der Waals surface area contributed by atoms with Crippen molar-refractivity contribution in [2.24, 2.45) is 5.92 Å². The van der Waals surface area contributed by atoms with Crippen LogP contribution >= 0.6 is 23.4 Å². The first-order valence-electron chi connectivity index (χ1n) is 10.2. The number of carbonyl (C=O) groups excluding carboxylic acids is 2. The van der Waals surface area contributed by atoms with E-state index in [1.54, 1.807) is 24.3 Å². The summed E-state index contributed by atoms with van der Waals surface area (Å²) in [5.41, 5.74) is -0.307. The van der Waals surface area contributed by atoms with Crippen molar-refractivity contribution in [2.45, 2.75) is 31.4 Å². The minimum Gasteiger partial charge on any atom is -0.484 e. The fourth-order valence-corrected chi connectivity index (χ4v) is 4.74. The predicted molar refractivity (Wildman–Crippen MR) is 120 cm³/mol. The molecule has 2 aromatic rings. The molecule has 10 heteroatoms. The highest BCUT2D eigenvalue weighted by Crippen LogP contribution is 2.42. The van der Waals surface area contributed by atoms with Gasteiger partial charge in [-0.3, -0.25) is 4.79 Å². The van der Waals surface area contributed by atoms with Crippen LogP contribution in [0.15, 0.2) is 48.5 Å². The Balaban J connectivity index is 1.81. The Labute approximate surface area is 199 Å². The van der Waals surface area contributed by atoms with E-state index >= 15 is 0 Å². The van der Waals surface area contributed by atoms with Crippen LogP contribution in [0.5, 0.6) is 5.75 Å². The molecule has 1 heterocycles. The van der Waals surface area contributed by atoms with E-state index in [1.165, 1.54) is 28.8 Å². The highest BCUT2D eigenvalue weighted by Gasteiger charge is 2.43. The number of esters is 1. The number of halogens is 4. The van der Waals surface area contributed by atoms with Gasteiger partial charge in [0.2, 0.25) is 0 Å². The van der Waals surface area contributed by atoms with E-state index in [1.807, 2.05) is 13.8 Å². The molecule has 2 unspecified atom stereocenters. The van der Waals surface area contributed by atoms with Crippen LogP contribution in [-0.4, -0.2) is 41.8 Å². The first-order chi connectivity index (χ1) is 15.6. The molecule has 33 heavy (non-hydrogen) atoms. The second-order valence-corrected chi connectivity index (χ2v) is 9.44. The number of rotatable bonds is 7. The maximum atomic E-state index is 13.1. The van der Waals surface area contributed by atoms with Crippen molar-refractivity contribution in [3.63, 3.8) is 0 Å². The van der Waals surface area contributed by atoms with Crippen molar-refractivity contribution in [1.82, 2.24) is 4.90 Å². The molecular formula is C23H23ClF3NO4S. The number of nitrogens with zero attached hydrogens (tertiary/aromatic N) is 1. The van der Waals surface area contributed by atoms with Gasteiger partial charge < -0.3 is 14.4 Å². The normalized spacial score (nSPS) is 18.5. The average Bonchev–Trinajstić information content (AvgIpc) is 3.21. The number of amides is 1. The molecule has 178 valence electrons.